The number of nitrogens with zero attached hydrogens (tertiary/aromatic N) is 1. The number of carbonyl (C=O) groups excluding carboxylic acids is 2. The lowest BCUT2D eigenvalue weighted by molar-refractivity contribution is -0.121. The lowest BCUT2D eigenvalue weighted by atomic mass is 9.97. The Balaban J connectivity index is 1.89. The fourth-order valence-electron chi connectivity index (χ4n) is 3.15. The van der Waals surface area contributed by atoms with Gasteiger partial charge in [-0.3, -0.25) is 4.79 Å². The van der Waals surface area contributed by atoms with Gasteiger partial charge in [0.1, 0.15) is 6.54 Å². The van der Waals surface area contributed by atoms with E-state index in [1.807, 2.05) is 18.4 Å². The molecule has 5 nitrogen and oxygen atoms in total. The Morgan fingerprint density at radius 1 is 1.29 bits per heavy atom. The summed E-state index contributed by atoms with van der Waals surface area (Å²) in [6.07, 6.45) is 8.12. The molecule has 24 heavy (non-hydrogen) atoms. The Morgan fingerprint density at radius 3 is 2.75 bits per heavy atom. The van der Waals surface area contributed by atoms with Crippen molar-refractivity contribution in [2.24, 2.45) is 0 Å². The summed E-state index contributed by atoms with van der Waals surface area (Å²) >= 11 is 0. The van der Waals surface area contributed by atoms with Gasteiger partial charge in [0.15, 0.2) is 0 Å². The lowest BCUT2D eigenvalue weighted by Crippen LogP contribution is -2.29. The number of hydrogen-bond donors (Lipinski definition) is 1. The molecule has 1 heterocycles. The van der Waals surface area contributed by atoms with E-state index in [4.69, 9.17) is 4.74 Å². The zero-order chi connectivity index (χ0) is 17.5. The first-order chi connectivity index (χ1) is 11.5. The van der Waals surface area contributed by atoms with Crippen LogP contribution in [-0.2, 0) is 16.1 Å². The first kappa shape index (κ1) is 18.3. The summed E-state index contributed by atoms with van der Waals surface area (Å²) in [5, 5.41) is 2.98. The van der Waals surface area contributed by atoms with Crippen LogP contribution in [0.3, 0.4) is 0 Å². The number of ether oxygens (including phenoxy) is 1. The van der Waals surface area contributed by atoms with E-state index in [0.29, 0.717) is 18.7 Å². The van der Waals surface area contributed by atoms with Crippen LogP contribution in [0.15, 0.2) is 17.7 Å². The highest BCUT2D eigenvalue weighted by atomic mass is 16.5. The lowest BCUT2D eigenvalue weighted by Gasteiger charge is -2.14. The highest BCUT2D eigenvalue weighted by Gasteiger charge is 2.18. The van der Waals surface area contributed by atoms with Gasteiger partial charge in [-0.15, -0.1) is 0 Å². The zero-order valence-electron chi connectivity index (χ0n) is 15.0. The number of rotatable bonds is 7. The summed E-state index contributed by atoms with van der Waals surface area (Å²) in [4.78, 5) is 24.1. The second-order valence-electron chi connectivity index (χ2n) is 6.30. The minimum Gasteiger partial charge on any atom is -0.462 e. The number of esters is 1. The van der Waals surface area contributed by atoms with E-state index >= 15 is 0 Å². The molecule has 0 bridgehead atoms. The molecule has 0 saturated heterocycles. The van der Waals surface area contributed by atoms with Gasteiger partial charge in [-0.05, 0) is 58.9 Å². The number of allylic oxidation sites excluding steroid dienone is 1. The van der Waals surface area contributed by atoms with Gasteiger partial charge in [0.2, 0.25) is 5.91 Å². The van der Waals surface area contributed by atoms with E-state index < -0.39 is 0 Å². The maximum Gasteiger partial charge on any atom is 0.339 e. The molecule has 132 valence electrons. The third-order valence-electron chi connectivity index (χ3n) is 4.52. The van der Waals surface area contributed by atoms with Gasteiger partial charge in [-0.2, -0.15) is 0 Å². The molecular weight excluding hydrogens is 304 g/mol. The molecule has 1 N–H and O–H groups in total. The van der Waals surface area contributed by atoms with Crippen LogP contribution in [0, 0.1) is 13.8 Å². The van der Waals surface area contributed by atoms with Crippen molar-refractivity contribution in [2.75, 3.05) is 13.2 Å². The van der Waals surface area contributed by atoms with Gasteiger partial charge in [-0.25, -0.2) is 4.79 Å². The van der Waals surface area contributed by atoms with Crippen LogP contribution in [0.2, 0.25) is 0 Å². The molecule has 0 aliphatic heterocycles. The number of nitrogens with one attached hydrogen (secondary N) is 1. The van der Waals surface area contributed by atoms with Gasteiger partial charge in [0.05, 0.1) is 12.2 Å². The first-order valence-electron chi connectivity index (χ1n) is 8.81. The minimum atomic E-state index is -0.332. The van der Waals surface area contributed by atoms with Crippen molar-refractivity contribution in [2.45, 2.75) is 59.4 Å². The van der Waals surface area contributed by atoms with Gasteiger partial charge in [0.25, 0.3) is 0 Å². The van der Waals surface area contributed by atoms with Crippen molar-refractivity contribution in [3.8, 4) is 0 Å². The van der Waals surface area contributed by atoms with E-state index in [9.17, 15) is 9.59 Å². The summed E-state index contributed by atoms with van der Waals surface area (Å²) in [6.45, 7) is 6.78. The van der Waals surface area contributed by atoms with E-state index in [2.05, 4.69) is 11.4 Å². The number of carbonyl (C=O) groups is 2. The SMILES string of the molecule is CCOC(=O)c1cc(C)n(CC(=O)NCCC2=CCCCC2)c1C. The van der Waals surface area contributed by atoms with E-state index in [1.54, 1.807) is 13.0 Å². The molecule has 2 rings (SSSR count). The maximum atomic E-state index is 12.2. The largest absolute Gasteiger partial charge is 0.462 e. The highest BCUT2D eigenvalue weighted by Crippen LogP contribution is 2.19. The van der Waals surface area contributed by atoms with Crippen LogP contribution in [0.4, 0.5) is 0 Å². The van der Waals surface area contributed by atoms with Crippen LogP contribution in [0.25, 0.3) is 0 Å². The fraction of sp³-hybridized carbons (Fsp3) is 0.579. The molecule has 0 saturated carbocycles. The van der Waals surface area contributed by atoms with E-state index in [0.717, 1.165) is 24.2 Å². The van der Waals surface area contributed by atoms with Crippen LogP contribution in [0.1, 0.15) is 60.8 Å². The number of aryl methyl sites for hydroxylation is 1. The standard InChI is InChI=1S/C19H28N2O3/c1-4-24-19(23)17-12-14(2)21(15(17)3)13-18(22)20-11-10-16-8-6-5-7-9-16/h8,12H,4-7,9-11,13H2,1-3H3,(H,20,22). The Morgan fingerprint density at radius 2 is 2.08 bits per heavy atom. The predicted octanol–water partition coefficient (Wildman–Crippen LogP) is 3.29. The van der Waals surface area contributed by atoms with Gasteiger partial charge >= 0.3 is 5.97 Å². The Labute approximate surface area is 144 Å². The van der Waals surface area contributed by atoms with Crippen molar-refractivity contribution < 1.29 is 14.3 Å². The third kappa shape index (κ3) is 4.73. The average Bonchev–Trinajstić information content (AvgIpc) is 2.84. The van der Waals surface area contributed by atoms with Crippen molar-refractivity contribution in [3.05, 3.63) is 34.7 Å². The van der Waals surface area contributed by atoms with Crippen LogP contribution in [0.5, 0.6) is 0 Å². The van der Waals surface area contributed by atoms with Crippen molar-refractivity contribution >= 4 is 11.9 Å². The van der Waals surface area contributed by atoms with Crippen LogP contribution >= 0.6 is 0 Å². The summed E-state index contributed by atoms with van der Waals surface area (Å²) in [7, 11) is 0. The Kier molecular flexibility index (Phi) is 6.64. The van der Waals surface area contributed by atoms with Crippen LogP contribution in [-0.4, -0.2) is 29.6 Å². The molecule has 1 aromatic heterocycles. The summed E-state index contributed by atoms with van der Waals surface area (Å²) in [5.74, 6) is -0.356. The molecule has 0 radical (unpaired) electrons. The summed E-state index contributed by atoms with van der Waals surface area (Å²) < 4.78 is 6.92. The molecule has 1 aliphatic carbocycles. The molecule has 1 aliphatic rings. The van der Waals surface area contributed by atoms with Gasteiger partial charge in [0, 0.05) is 17.9 Å². The highest BCUT2D eigenvalue weighted by molar-refractivity contribution is 5.91. The molecule has 0 atom stereocenters. The normalized spacial score (nSPS) is 14.2. The van der Waals surface area contributed by atoms with Crippen LogP contribution < -0.4 is 5.32 Å². The third-order valence-corrected chi connectivity index (χ3v) is 4.52. The van der Waals surface area contributed by atoms with E-state index in [-0.39, 0.29) is 18.4 Å². The zero-order valence-corrected chi connectivity index (χ0v) is 15.0. The number of amides is 1. The minimum absolute atomic E-state index is 0.0244. The number of aromatic nitrogens is 1. The Hall–Kier alpha value is -2.04. The fourth-order valence-corrected chi connectivity index (χ4v) is 3.15. The molecule has 0 unspecified atom stereocenters. The molecule has 1 amide bonds. The molecule has 5 heteroatoms. The van der Waals surface area contributed by atoms with Gasteiger partial charge < -0.3 is 14.6 Å². The topological polar surface area (TPSA) is 60.3 Å². The smallest absolute Gasteiger partial charge is 0.339 e. The summed E-state index contributed by atoms with van der Waals surface area (Å²) in [5.41, 5.74) is 3.66. The number of hydrogen-bond acceptors (Lipinski definition) is 3. The van der Waals surface area contributed by atoms with Crippen molar-refractivity contribution in [1.82, 2.24) is 9.88 Å². The second-order valence-corrected chi connectivity index (χ2v) is 6.30. The molecule has 0 spiro atoms. The predicted molar refractivity (Wildman–Crippen MR) is 94.0 cm³/mol. The van der Waals surface area contributed by atoms with Crippen molar-refractivity contribution in [3.63, 3.8) is 0 Å². The average molecular weight is 332 g/mol. The summed E-state index contributed by atoms with van der Waals surface area (Å²) in [6, 6.07) is 1.79. The molecule has 1 aromatic rings. The van der Waals surface area contributed by atoms with Crippen molar-refractivity contribution in [1.29, 1.82) is 0 Å². The Bertz CT molecular complexity index is 629. The first-order valence-corrected chi connectivity index (χ1v) is 8.81. The molecule has 0 aromatic carbocycles. The quantitative estimate of drug-likeness (QED) is 0.616. The monoisotopic (exact) mass is 332 g/mol. The molecular formula is C19H28N2O3. The second kappa shape index (κ2) is 8.71. The maximum absolute atomic E-state index is 12.2. The molecule has 0 fully saturated rings. The van der Waals surface area contributed by atoms with E-state index in [1.165, 1.54) is 24.8 Å². The van der Waals surface area contributed by atoms with Gasteiger partial charge in [-0.1, -0.05) is 11.6 Å².